The molecule has 0 unspecified atom stereocenters. The first-order chi connectivity index (χ1) is 3.80. The molecule has 4 N–H and O–H groups in total. The van der Waals surface area contributed by atoms with E-state index in [0.29, 0.717) is 0 Å². The second-order valence-corrected chi connectivity index (χ2v) is 1.48. The van der Waals surface area contributed by atoms with Gasteiger partial charge in [0.05, 0.1) is 0 Å². The first-order valence-electron chi connectivity index (χ1n) is 2.31. The van der Waals surface area contributed by atoms with Crippen molar-refractivity contribution in [3.05, 3.63) is 18.5 Å². The highest BCUT2D eigenvalue weighted by Crippen LogP contribution is 1.85. The molecule has 52 valence electrons. The van der Waals surface area contributed by atoms with E-state index in [4.69, 9.17) is 11.5 Å². The molecule has 1 rings (SSSR count). The normalized spacial score (nSPS) is 9.22. The van der Waals surface area contributed by atoms with Gasteiger partial charge in [-0.15, -0.1) is 12.4 Å². The molecule has 0 aliphatic heterocycles. The number of nitrogens with two attached hydrogens (primary N) is 2. The van der Waals surface area contributed by atoms with Gasteiger partial charge in [-0.3, -0.25) is 11.5 Å². The van der Waals surface area contributed by atoms with Gasteiger partial charge in [-0.25, -0.2) is 4.68 Å². The number of hydrogen-bond donors (Lipinski definition) is 2. The van der Waals surface area contributed by atoms with Gasteiger partial charge in [0.25, 0.3) is 0 Å². The molecule has 1 heterocycles. The fraction of sp³-hybridized carbons (Fsp3) is 0.250. The zero-order valence-corrected chi connectivity index (χ0v) is 5.58. The van der Waals surface area contributed by atoms with Crippen LogP contribution in [0.1, 0.15) is 6.29 Å². The van der Waals surface area contributed by atoms with E-state index < -0.39 is 6.29 Å². The fourth-order valence-electron chi connectivity index (χ4n) is 0.457. The highest BCUT2D eigenvalue weighted by molar-refractivity contribution is 5.85. The van der Waals surface area contributed by atoms with Crippen molar-refractivity contribution in [2.24, 2.45) is 11.5 Å². The molecule has 9 heavy (non-hydrogen) atoms. The standard InChI is InChI=1S/C4H8N4.ClH/c5-4(6)8-3-1-2-7-8;/h1-4H,5-6H2;1H. The van der Waals surface area contributed by atoms with Gasteiger partial charge in [0.15, 0.2) is 0 Å². The van der Waals surface area contributed by atoms with Gasteiger partial charge in [0, 0.05) is 12.4 Å². The Bertz CT molecular complexity index is 148. The number of rotatable bonds is 1. The van der Waals surface area contributed by atoms with E-state index in [-0.39, 0.29) is 12.4 Å². The summed E-state index contributed by atoms with van der Waals surface area (Å²) in [7, 11) is 0. The molecule has 0 bridgehead atoms. The monoisotopic (exact) mass is 148 g/mol. The average molecular weight is 149 g/mol. The summed E-state index contributed by atoms with van der Waals surface area (Å²) in [5.74, 6) is 0. The lowest BCUT2D eigenvalue weighted by Gasteiger charge is -2.02. The van der Waals surface area contributed by atoms with Crippen LogP contribution in [0.5, 0.6) is 0 Å². The summed E-state index contributed by atoms with van der Waals surface area (Å²) in [5.41, 5.74) is 10.5. The predicted molar refractivity (Wildman–Crippen MR) is 36.9 cm³/mol. The van der Waals surface area contributed by atoms with Crippen LogP contribution in [0, 0.1) is 0 Å². The van der Waals surface area contributed by atoms with Crippen LogP contribution in [0.3, 0.4) is 0 Å². The second-order valence-electron chi connectivity index (χ2n) is 1.48. The van der Waals surface area contributed by atoms with E-state index in [1.165, 1.54) is 4.68 Å². The lowest BCUT2D eigenvalue weighted by Crippen LogP contribution is -2.27. The Labute approximate surface area is 59.2 Å². The van der Waals surface area contributed by atoms with Crippen LogP contribution in [0.2, 0.25) is 0 Å². The molecule has 0 atom stereocenters. The molecule has 0 saturated carbocycles. The third-order valence-electron chi connectivity index (χ3n) is 0.830. The van der Waals surface area contributed by atoms with Crippen LogP contribution >= 0.6 is 12.4 Å². The third-order valence-corrected chi connectivity index (χ3v) is 0.830. The summed E-state index contributed by atoms with van der Waals surface area (Å²) in [6, 6.07) is 1.77. The molecular formula is C4H9ClN4. The minimum atomic E-state index is -0.509. The van der Waals surface area contributed by atoms with Gasteiger partial charge in [-0.05, 0) is 6.07 Å². The van der Waals surface area contributed by atoms with Gasteiger partial charge < -0.3 is 0 Å². The van der Waals surface area contributed by atoms with Crippen molar-refractivity contribution in [3.8, 4) is 0 Å². The van der Waals surface area contributed by atoms with Crippen LogP contribution < -0.4 is 11.5 Å². The maximum atomic E-state index is 5.24. The van der Waals surface area contributed by atoms with Crippen LogP contribution in [-0.2, 0) is 0 Å². The zero-order valence-electron chi connectivity index (χ0n) is 4.77. The second kappa shape index (κ2) is 3.45. The van der Waals surface area contributed by atoms with Crippen molar-refractivity contribution in [1.29, 1.82) is 0 Å². The van der Waals surface area contributed by atoms with Gasteiger partial charge in [0.2, 0.25) is 0 Å². The molecule has 1 aromatic rings. The SMILES string of the molecule is Cl.NC(N)n1cccn1. The summed E-state index contributed by atoms with van der Waals surface area (Å²) in [6.07, 6.45) is 2.84. The van der Waals surface area contributed by atoms with Crippen LogP contribution in [0.4, 0.5) is 0 Å². The van der Waals surface area contributed by atoms with Crippen molar-refractivity contribution < 1.29 is 0 Å². The number of hydrogen-bond acceptors (Lipinski definition) is 3. The number of nitrogens with zero attached hydrogens (tertiary/aromatic N) is 2. The predicted octanol–water partition coefficient (Wildman–Crippen LogP) is -0.322. The molecule has 0 radical (unpaired) electrons. The van der Waals surface area contributed by atoms with Crippen molar-refractivity contribution in [3.63, 3.8) is 0 Å². The molecule has 1 aromatic heterocycles. The Morgan fingerprint density at radius 2 is 2.11 bits per heavy atom. The smallest absolute Gasteiger partial charge is 0.150 e. The van der Waals surface area contributed by atoms with Gasteiger partial charge in [0.1, 0.15) is 6.29 Å². The first-order valence-corrected chi connectivity index (χ1v) is 2.31. The minimum Gasteiger partial charge on any atom is -0.297 e. The number of aromatic nitrogens is 2. The maximum absolute atomic E-state index is 5.24. The quantitative estimate of drug-likeness (QED) is 0.537. The van der Waals surface area contributed by atoms with Crippen molar-refractivity contribution in [2.45, 2.75) is 6.29 Å². The Hall–Kier alpha value is -0.580. The molecule has 0 saturated heterocycles. The molecule has 5 heteroatoms. The lowest BCUT2D eigenvalue weighted by molar-refractivity contribution is 0.486. The summed E-state index contributed by atoms with van der Waals surface area (Å²) in [4.78, 5) is 0. The van der Waals surface area contributed by atoms with Crippen molar-refractivity contribution >= 4 is 12.4 Å². The van der Waals surface area contributed by atoms with Crippen LogP contribution in [0.15, 0.2) is 18.5 Å². The first kappa shape index (κ1) is 8.42. The average Bonchev–Trinajstić information content (AvgIpc) is 2.12. The summed E-state index contributed by atoms with van der Waals surface area (Å²) in [5, 5.41) is 3.78. The maximum Gasteiger partial charge on any atom is 0.150 e. The molecule has 0 aliphatic rings. The van der Waals surface area contributed by atoms with Gasteiger partial charge in [-0.2, -0.15) is 5.10 Å². The van der Waals surface area contributed by atoms with E-state index in [1.807, 2.05) is 0 Å². The largest absolute Gasteiger partial charge is 0.297 e. The number of halogens is 1. The Morgan fingerprint density at radius 1 is 1.44 bits per heavy atom. The lowest BCUT2D eigenvalue weighted by atomic mass is 10.7. The fourth-order valence-corrected chi connectivity index (χ4v) is 0.457. The van der Waals surface area contributed by atoms with Gasteiger partial charge in [-0.1, -0.05) is 0 Å². The molecule has 0 aromatic carbocycles. The summed E-state index contributed by atoms with van der Waals surface area (Å²) in [6.45, 7) is 0. The van der Waals surface area contributed by atoms with E-state index in [2.05, 4.69) is 5.10 Å². The minimum absolute atomic E-state index is 0. The molecule has 0 spiro atoms. The van der Waals surface area contributed by atoms with E-state index in [1.54, 1.807) is 18.5 Å². The molecule has 0 amide bonds. The molecular weight excluding hydrogens is 140 g/mol. The third kappa shape index (κ3) is 2.01. The van der Waals surface area contributed by atoms with E-state index in [0.717, 1.165) is 0 Å². The topological polar surface area (TPSA) is 69.9 Å². The van der Waals surface area contributed by atoms with Gasteiger partial charge >= 0.3 is 0 Å². The zero-order chi connectivity index (χ0) is 5.98. The van der Waals surface area contributed by atoms with E-state index in [9.17, 15) is 0 Å². The highest BCUT2D eigenvalue weighted by atomic mass is 35.5. The Morgan fingerprint density at radius 3 is 2.33 bits per heavy atom. The molecule has 0 aliphatic carbocycles. The van der Waals surface area contributed by atoms with Crippen LogP contribution in [-0.4, -0.2) is 9.78 Å². The molecule has 4 nitrogen and oxygen atoms in total. The van der Waals surface area contributed by atoms with Crippen molar-refractivity contribution in [1.82, 2.24) is 9.78 Å². The van der Waals surface area contributed by atoms with E-state index >= 15 is 0 Å². The summed E-state index contributed by atoms with van der Waals surface area (Å²) >= 11 is 0. The highest BCUT2D eigenvalue weighted by Gasteiger charge is 1.91. The Kier molecular flexibility index (Phi) is 3.22. The van der Waals surface area contributed by atoms with Crippen LogP contribution in [0.25, 0.3) is 0 Å². The Balaban J connectivity index is 0.000000640. The molecule has 0 fully saturated rings. The summed E-state index contributed by atoms with van der Waals surface area (Å²) < 4.78 is 1.47. The van der Waals surface area contributed by atoms with Crippen molar-refractivity contribution in [2.75, 3.05) is 0 Å².